The predicted molar refractivity (Wildman–Crippen MR) is 96.8 cm³/mol. The Kier molecular flexibility index (Phi) is 3.72. The molecule has 0 saturated heterocycles. The van der Waals surface area contributed by atoms with Crippen LogP contribution in [0.1, 0.15) is 5.56 Å². The van der Waals surface area contributed by atoms with E-state index in [1.54, 1.807) is 13.4 Å². The van der Waals surface area contributed by atoms with E-state index in [9.17, 15) is 9.59 Å². The van der Waals surface area contributed by atoms with Crippen molar-refractivity contribution in [2.24, 2.45) is 14.1 Å². The van der Waals surface area contributed by atoms with Gasteiger partial charge in [0.2, 0.25) is 0 Å². The minimum Gasteiger partial charge on any atom is -0.311 e. The summed E-state index contributed by atoms with van der Waals surface area (Å²) < 4.78 is 4.32. The van der Waals surface area contributed by atoms with Crippen LogP contribution in [0.3, 0.4) is 0 Å². The van der Waals surface area contributed by atoms with Crippen molar-refractivity contribution < 1.29 is 0 Å². The minimum atomic E-state index is -0.411. The third-order valence-corrected chi connectivity index (χ3v) is 4.30. The Balaban J connectivity index is 1.89. The Morgan fingerprint density at radius 1 is 1.00 bits per heavy atom. The van der Waals surface area contributed by atoms with Crippen LogP contribution >= 0.6 is 0 Å². The van der Waals surface area contributed by atoms with E-state index < -0.39 is 11.2 Å². The third-order valence-electron chi connectivity index (χ3n) is 4.30. The average Bonchev–Trinajstić information content (AvgIpc) is 3.07. The molecule has 0 spiro atoms. The zero-order valence-corrected chi connectivity index (χ0v) is 14.3. The fourth-order valence-electron chi connectivity index (χ4n) is 2.94. The van der Waals surface area contributed by atoms with Crippen LogP contribution in [0.2, 0.25) is 0 Å². The lowest BCUT2D eigenvalue weighted by molar-refractivity contribution is 0.688. The Morgan fingerprint density at radius 2 is 1.77 bits per heavy atom. The molecule has 8 heteroatoms. The number of benzene rings is 1. The van der Waals surface area contributed by atoms with Crippen LogP contribution < -0.4 is 11.2 Å². The van der Waals surface area contributed by atoms with Gasteiger partial charge in [-0.2, -0.15) is 0 Å². The summed E-state index contributed by atoms with van der Waals surface area (Å²) in [6, 6.07) is 9.96. The number of imidazole rings is 1. The molecule has 0 saturated carbocycles. The van der Waals surface area contributed by atoms with Crippen molar-refractivity contribution in [1.82, 2.24) is 28.7 Å². The zero-order valence-electron chi connectivity index (χ0n) is 14.3. The van der Waals surface area contributed by atoms with Crippen molar-refractivity contribution in [2.75, 3.05) is 0 Å². The van der Waals surface area contributed by atoms with Gasteiger partial charge in [0.05, 0.1) is 18.4 Å². The molecule has 0 amide bonds. The van der Waals surface area contributed by atoms with Crippen LogP contribution in [0.25, 0.3) is 22.4 Å². The van der Waals surface area contributed by atoms with E-state index in [0.717, 1.165) is 10.1 Å². The van der Waals surface area contributed by atoms with Crippen molar-refractivity contribution >= 4 is 11.2 Å². The monoisotopic (exact) mass is 348 g/mol. The first-order valence-electron chi connectivity index (χ1n) is 8.03. The molecule has 0 atom stereocenters. The van der Waals surface area contributed by atoms with E-state index in [4.69, 9.17) is 0 Å². The number of aromatic nitrogens is 6. The Labute approximate surface area is 148 Å². The number of aryl methyl sites for hydroxylation is 1. The molecule has 0 aliphatic carbocycles. The summed E-state index contributed by atoms with van der Waals surface area (Å²) in [5.41, 5.74) is 2.20. The van der Waals surface area contributed by atoms with Gasteiger partial charge in [0, 0.05) is 20.3 Å². The Hall–Kier alpha value is -3.55. The Bertz CT molecular complexity index is 1220. The molecule has 0 N–H and O–H groups in total. The highest BCUT2D eigenvalue weighted by Crippen LogP contribution is 2.21. The van der Waals surface area contributed by atoms with Gasteiger partial charge in [0.15, 0.2) is 5.65 Å². The van der Waals surface area contributed by atoms with E-state index in [-0.39, 0.29) is 0 Å². The maximum atomic E-state index is 12.5. The minimum absolute atomic E-state index is 0.312. The van der Waals surface area contributed by atoms with Gasteiger partial charge >= 0.3 is 5.69 Å². The summed E-state index contributed by atoms with van der Waals surface area (Å²) in [4.78, 5) is 37.5. The van der Waals surface area contributed by atoms with Crippen molar-refractivity contribution in [2.45, 2.75) is 6.54 Å². The van der Waals surface area contributed by atoms with Crippen molar-refractivity contribution in [3.63, 3.8) is 0 Å². The van der Waals surface area contributed by atoms with E-state index in [1.807, 2.05) is 34.9 Å². The highest BCUT2D eigenvalue weighted by Gasteiger charge is 2.17. The zero-order chi connectivity index (χ0) is 18.3. The maximum Gasteiger partial charge on any atom is 0.330 e. The molecule has 3 aromatic heterocycles. The normalized spacial score (nSPS) is 11.2. The quantitative estimate of drug-likeness (QED) is 0.550. The summed E-state index contributed by atoms with van der Waals surface area (Å²) in [7, 11) is 3.04. The van der Waals surface area contributed by atoms with Gasteiger partial charge in [-0.05, 0) is 5.56 Å². The summed E-state index contributed by atoms with van der Waals surface area (Å²) in [5.74, 6) is 0. The van der Waals surface area contributed by atoms with E-state index in [1.165, 1.54) is 24.1 Å². The van der Waals surface area contributed by atoms with Gasteiger partial charge in [0.1, 0.15) is 17.5 Å². The highest BCUT2D eigenvalue weighted by atomic mass is 16.2. The van der Waals surface area contributed by atoms with Crippen LogP contribution in [0, 0.1) is 0 Å². The SMILES string of the molecule is Cn1cc(-c2ncnc3c2ncn3Cc2ccccc2)c(=O)n(C)c1=O. The summed E-state index contributed by atoms with van der Waals surface area (Å²) >= 11 is 0. The smallest absolute Gasteiger partial charge is 0.311 e. The molecule has 8 nitrogen and oxygen atoms in total. The number of hydrogen-bond acceptors (Lipinski definition) is 5. The molecule has 3 heterocycles. The topological polar surface area (TPSA) is 87.6 Å². The summed E-state index contributed by atoms with van der Waals surface area (Å²) in [5, 5.41) is 0. The summed E-state index contributed by atoms with van der Waals surface area (Å²) in [6.45, 7) is 0.610. The molecule has 130 valence electrons. The van der Waals surface area contributed by atoms with Crippen molar-refractivity contribution in [1.29, 1.82) is 0 Å². The number of nitrogens with zero attached hydrogens (tertiary/aromatic N) is 6. The van der Waals surface area contributed by atoms with Crippen molar-refractivity contribution in [3.05, 3.63) is 75.6 Å². The van der Waals surface area contributed by atoms with Gasteiger partial charge in [0.25, 0.3) is 5.56 Å². The van der Waals surface area contributed by atoms with Crippen molar-refractivity contribution in [3.8, 4) is 11.3 Å². The van der Waals surface area contributed by atoms with Crippen LogP contribution in [0.15, 0.2) is 58.8 Å². The molecule has 0 bridgehead atoms. The first-order valence-corrected chi connectivity index (χ1v) is 8.03. The maximum absolute atomic E-state index is 12.5. The molecule has 0 aliphatic heterocycles. The van der Waals surface area contributed by atoms with E-state index in [2.05, 4.69) is 15.0 Å². The number of fused-ring (bicyclic) bond motifs is 1. The molecule has 0 aliphatic rings. The number of hydrogen-bond donors (Lipinski definition) is 0. The molecule has 0 fully saturated rings. The van der Waals surface area contributed by atoms with Gasteiger partial charge in [-0.15, -0.1) is 0 Å². The van der Waals surface area contributed by atoms with Gasteiger partial charge in [-0.3, -0.25) is 9.36 Å². The molecular formula is C18H16N6O2. The van der Waals surface area contributed by atoms with Gasteiger partial charge < -0.3 is 9.13 Å². The Morgan fingerprint density at radius 3 is 2.54 bits per heavy atom. The molecule has 26 heavy (non-hydrogen) atoms. The van der Waals surface area contributed by atoms with Crippen LogP contribution in [-0.2, 0) is 20.6 Å². The second-order valence-corrected chi connectivity index (χ2v) is 6.05. The molecule has 0 radical (unpaired) electrons. The lowest BCUT2D eigenvalue weighted by Gasteiger charge is -2.07. The second kappa shape index (κ2) is 6.07. The highest BCUT2D eigenvalue weighted by molar-refractivity contribution is 5.86. The first kappa shape index (κ1) is 15.9. The molecule has 0 unspecified atom stereocenters. The van der Waals surface area contributed by atoms with Gasteiger partial charge in [-0.1, -0.05) is 30.3 Å². The van der Waals surface area contributed by atoms with E-state index >= 15 is 0 Å². The van der Waals surface area contributed by atoms with Crippen LogP contribution in [0.5, 0.6) is 0 Å². The fraction of sp³-hybridized carbons (Fsp3) is 0.167. The predicted octanol–water partition coefficient (Wildman–Crippen LogP) is 0.939. The lowest BCUT2D eigenvalue weighted by Crippen LogP contribution is -2.37. The van der Waals surface area contributed by atoms with E-state index in [0.29, 0.717) is 29.0 Å². The standard InChI is InChI=1S/C18H16N6O2/c1-22-9-13(17(25)23(2)18(22)26)14-15-16(20-10-19-14)24(11-21-15)8-12-6-4-3-5-7-12/h3-7,9-11H,8H2,1-2H3. The largest absolute Gasteiger partial charge is 0.330 e. The average molecular weight is 348 g/mol. The molecular weight excluding hydrogens is 332 g/mol. The molecule has 1 aromatic carbocycles. The first-order chi connectivity index (χ1) is 12.6. The number of rotatable bonds is 3. The summed E-state index contributed by atoms with van der Waals surface area (Å²) in [6.07, 6.45) is 4.58. The van der Waals surface area contributed by atoms with Crippen LogP contribution in [-0.4, -0.2) is 28.7 Å². The fourth-order valence-corrected chi connectivity index (χ4v) is 2.94. The second-order valence-electron chi connectivity index (χ2n) is 6.05. The molecule has 4 rings (SSSR count). The van der Waals surface area contributed by atoms with Gasteiger partial charge in [-0.25, -0.2) is 19.7 Å². The molecule has 4 aromatic rings. The van der Waals surface area contributed by atoms with Crippen LogP contribution in [0.4, 0.5) is 0 Å². The lowest BCUT2D eigenvalue weighted by atomic mass is 10.2. The third kappa shape index (κ3) is 2.52.